The molecule has 2 nitrogen and oxygen atoms in total. The van der Waals surface area contributed by atoms with Crippen LogP contribution in [0.2, 0.25) is 0 Å². The van der Waals surface area contributed by atoms with E-state index in [0.717, 1.165) is 22.7 Å². The van der Waals surface area contributed by atoms with Gasteiger partial charge in [-0.15, -0.1) is 22.7 Å². The van der Waals surface area contributed by atoms with Crippen LogP contribution in [0.1, 0.15) is 41.6 Å². The molecule has 0 saturated heterocycles. The maximum Gasteiger partial charge on any atom is 0.380 e. The van der Waals surface area contributed by atoms with E-state index >= 15 is 17.6 Å². The molecule has 2 heterocycles. The molecule has 10 heteroatoms. The highest BCUT2D eigenvalue weighted by Gasteiger charge is 2.80. The predicted octanol–water partition coefficient (Wildman–Crippen LogP) is 9.22. The molecule has 0 radical (unpaired) electrons. The van der Waals surface area contributed by atoms with Crippen molar-refractivity contribution in [3.05, 3.63) is 92.7 Å². The second kappa shape index (κ2) is 9.31. The summed E-state index contributed by atoms with van der Waals surface area (Å²) in [5, 5.41) is 0. The summed E-state index contributed by atoms with van der Waals surface area (Å²) in [7, 11) is 0. The van der Waals surface area contributed by atoms with Gasteiger partial charge < -0.3 is 0 Å². The van der Waals surface area contributed by atoms with Gasteiger partial charge in [-0.05, 0) is 60.4 Å². The number of halogens is 6. The first kappa shape index (κ1) is 27.1. The molecule has 39 heavy (non-hydrogen) atoms. The fourth-order valence-electron chi connectivity index (χ4n) is 4.71. The first-order valence-electron chi connectivity index (χ1n) is 11.5. The maximum atomic E-state index is 15.4. The lowest BCUT2D eigenvalue weighted by molar-refractivity contribution is -0.254. The standard InChI is InChI=1S/C29H18F6O2S2/c1-15-21(11-23(38-15)19-7-3-5-17(9-19)13-36)25-26(28(32,33)29(34,35)27(25,30)31)22-12-24(39-16(22)2)20-8-4-6-18(10-20)14-37/h3-14H,1-2H3. The zero-order valence-electron chi connectivity index (χ0n) is 20.3. The minimum Gasteiger partial charge on any atom is -0.298 e. The Hall–Kier alpha value is -3.50. The molecule has 4 aromatic rings. The van der Waals surface area contributed by atoms with Crippen molar-refractivity contribution in [2.24, 2.45) is 0 Å². The molecule has 200 valence electrons. The Bertz CT molecular complexity index is 1540. The molecule has 0 atom stereocenters. The minimum atomic E-state index is -5.68. The van der Waals surface area contributed by atoms with Gasteiger partial charge in [0.1, 0.15) is 12.6 Å². The third kappa shape index (κ3) is 4.08. The van der Waals surface area contributed by atoms with Crippen molar-refractivity contribution in [3.8, 4) is 20.9 Å². The fraction of sp³-hybridized carbons (Fsp3) is 0.172. The minimum absolute atomic E-state index is 0.147. The van der Waals surface area contributed by atoms with Gasteiger partial charge in [-0.2, -0.15) is 26.3 Å². The van der Waals surface area contributed by atoms with Crippen LogP contribution < -0.4 is 0 Å². The molecule has 1 aliphatic carbocycles. The summed E-state index contributed by atoms with van der Waals surface area (Å²) < 4.78 is 91.4. The summed E-state index contributed by atoms with van der Waals surface area (Å²) >= 11 is 1.96. The lowest BCUT2D eigenvalue weighted by Crippen LogP contribution is -2.48. The second-order valence-corrected chi connectivity index (χ2v) is 11.6. The van der Waals surface area contributed by atoms with Crippen molar-refractivity contribution in [1.82, 2.24) is 0 Å². The number of aryl methyl sites for hydroxylation is 2. The summed E-state index contributed by atoms with van der Waals surface area (Å²) in [4.78, 5) is 23.4. The van der Waals surface area contributed by atoms with E-state index in [-0.39, 0.29) is 9.75 Å². The van der Waals surface area contributed by atoms with Crippen LogP contribution in [0.4, 0.5) is 26.3 Å². The number of carbonyl (C=O) groups is 2. The summed E-state index contributed by atoms with van der Waals surface area (Å²) in [6.07, 6.45) is 1.19. The first-order valence-corrected chi connectivity index (χ1v) is 13.2. The normalized spacial score (nSPS) is 17.4. The van der Waals surface area contributed by atoms with E-state index in [1.807, 2.05) is 0 Å². The lowest BCUT2D eigenvalue weighted by Gasteiger charge is -2.25. The van der Waals surface area contributed by atoms with E-state index < -0.39 is 40.0 Å². The van der Waals surface area contributed by atoms with Gasteiger partial charge in [0, 0.05) is 41.8 Å². The third-order valence-electron chi connectivity index (χ3n) is 6.66. The van der Waals surface area contributed by atoms with Crippen LogP contribution in [0.5, 0.6) is 0 Å². The van der Waals surface area contributed by atoms with Crippen molar-refractivity contribution >= 4 is 46.4 Å². The van der Waals surface area contributed by atoms with Gasteiger partial charge in [0.05, 0.1) is 0 Å². The molecule has 0 N–H and O–H groups in total. The van der Waals surface area contributed by atoms with E-state index in [9.17, 15) is 18.4 Å². The van der Waals surface area contributed by atoms with Crippen LogP contribution in [0.3, 0.4) is 0 Å². The van der Waals surface area contributed by atoms with Crippen molar-refractivity contribution in [1.29, 1.82) is 0 Å². The van der Waals surface area contributed by atoms with Gasteiger partial charge in [-0.25, -0.2) is 0 Å². The number of carbonyl (C=O) groups excluding carboxylic acids is 2. The Kier molecular flexibility index (Phi) is 6.46. The van der Waals surface area contributed by atoms with Crippen LogP contribution >= 0.6 is 22.7 Å². The Labute approximate surface area is 227 Å². The van der Waals surface area contributed by atoms with Crippen LogP contribution in [0, 0.1) is 13.8 Å². The second-order valence-electron chi connectivity index (χ2n) is 9.12. The molecule has 0 unspecified atom stereocenters. The quantitative estimate of drug-likeness (QED) is 0.169. The Morgan fingerprint density at radius 3 is 1.36 bits per heavy atom. The van der Waals surface area contributed by atoms with Gasteiger partial charge in [0.2, 0.25) is 0 Å². The summed E-state index contributed by atoms with van der Waals surface area (Å²) in [6, 6.07) is 14.8. The monoisotopic (exact) mass is 576 g/mol. The average molecular weight is 577 g/mol. The molecular weight excluding hydrogens is 558 g/mol. The molecule has 2 aromatic heterocycles. The van der Waals surface area contributed by atoms with Gasteiger partial charge in [0.25, 0.3) is 0 Å². The highest BCUT2D eigenvalue weighted by molar-refractivity contribution is 7.16. The number of hydrogen-bond acceptors (Lipinski definition) is 4. The average Bonchev–Trinajstić information content (AvgIpc) is 3.51. The molecule has 0 amide bonds. The van der Waals surface area contributed by atoms with Crippen molar-refractivity contribution < 1.29 is 35.9 Å². The van der Waals surface area contributed by atoms with E-state index in [1.165, 1.54) is 50.2 Å². The molecule has 2 aromatic carbocycles. The van der Waals surface area contributed by atoms with Gasteiger partial charge >= 0.3 is 17.8 Å². The van der Waals surface area contributed by atoms with E-state index in [4.69, 9.17) is 0 Å². The Morgan fingerprint density at radius 2 is 1.00 bits per heavy atom. The number of rotatable bonds is 6. The highest BCUT2D eigenvalue weighted by atomic mass is 32.1. The van der Waals surface area contributed by atoms with Gasteiger partial charge in [0.15, 0.2) is 0 Å². The topological polar surface area (TPSA) is 34.1 Å². The van der Waals surface area contributed by atoms with Gasteiger partial charge in [-0.1, -0.05) is 36.4 Å². The van der Waals surface area contributed by atoms with Gasteiger partial charge in [-0.3, -0.25) is 9.59 Å². The lowest BCUT2D eigenvalue weighted by atomic mass is 9.94. The van der Waals surface area contributed by atoms with Crippen LogP contribution in [0.25, 0.3) is 32.0 Å². The first-order chi connectivity index (χ1) is 18.3. The number of allylic oxidation sites excluding steroid dienone is 2. The summed E-state index contributed by atoms with van der Waals surface area (Å²) in [5.74, 6) is -16.0. The zero-order valence-corrected chi connectivity index (χ0v) is 22.0. The highest BCUT2D eigenvalue weighted by Crippen LogP contribution is 2.66. The Morgan fingerprint density at radius 1 is 0.615 bits per heavy atom. The summed E-state index contributed by atoms with van der Waals surface area (Å²) in [5.41, 5.74) is -2.10. The molecule has 0 aliphatic heterocycles. The smallest absolute Gasteiger partial charge is 0.298 e. The number of alkyl halides is 6. The predicted molar refractivity (Wildman–Crippen MR) is 141 cm³/mol. The maximum absolute atomic E-state index is 15.4. The van der Waals surface area contributed by atoms with Crippen molar-refractivity contribution in [3.63, 3.8) is 0 Å². The van der Waals surface area contributed by atoms with Crippen LogP contribution in [0.15, 0.2) is 60.7 Å². The largest absolute Gasteiger partial charge is 0.380 e. The molecular formula is C29H18F6O2S2. The van der Waals surface area contributed by atoms with E-state index in [2.05, 4.69) is 0 Å². The summed E-state index contributed by atoms with van der Waals surface area (Å²) in [6.45, 7) is 2.80. The van der Waals surface area contributed by atoms with Crippen molar-refractivity contribution in [2.45, 2.75) is 31.6 Å². The van der Waals surface area contributed by atoms with E-state index in [0.29, 0.717) is 44.6 Å². The zero-order chi connectivity index (χ0) is 28.3. The molecule has 0 spiro atoms. The fourth-order valence-corrected chi connectivity index (χ4v) is 6.75. The molecule has 0 saturated carbocycles. The van der Waals surface area contributed by atoms with Crippen LogP contribution in [-0.4, -0.2) is 30.3 Å². The molecule has 5 rings (SSSR count). The third-order valence-corrected chi connectivity index (χ3v) is 8.85. The molecule has 0 fully saturated rings. The molecule has 1 aliphatic rings. The molecule has 0 bridgehead atoms. The van der Waals surface area contributed by atoms with Crippen molar-refractivity contribution in [2.75, 3.05) is 0 Å². The number of aldehydes is 2. The van der Waals surface area contributed by atoms with E-state index in [1.54, 1.807) is 24.3 Å². The SMILES string of the molecule is Cc1sc(-c2cccc(C=O)c2)cc1C1=C(c2cc(-c3cccc(C=O)c3)sc2C)C(F)(F)C(F)(F)C1(F)F. The number of hydrogen-bond donors (Lipinski definition) is 0. The number of thiophene rings is 2. The van der Waals surface area contributed by atoms with Crippen LogP contribution in [-0.2, 0) is 0 Å². The number of benzene rings is 2. The Balaban J connectivity index is 1.76.